The molecule has 74 valence electrons. The van der Waals surface area contributed by atoms with Gasteiger partial charge < -0.3 is 10.1 Å². The minimum atomic E-state index is -0.481. The minimum absolute atomic E-state index is 0.0705. The Balaban J connectivity index is 2.17. The van der Waals surface area contributed by atoms with E-state index in [0.717, 1.165) is 16.2 Å². The van der Waals surface area contributed by atoms with Gasteiger partial charge in [-0.1, -0.05) is 11.3 Å². The van der Waals surface area contributed by atoms with E-state index < -0.39 is 11.0 Å². The van der Waals surface area contributed by atoms with Gasteiger partial charge in [-0.2, -0.15) is 0 Å². The second-order valence-corrected chi connectivity index (χ2v) is 3.82. The number of nitro groups is 1. The maximum absolute atomic E-state index is 10.7. The van der Waals surface area contributed by atoms with Gasteiger partial charge in [-0.15, -0.1) is 0 Å². The van der Waals surface area contributed by atoms with Crippen LogP contribution in [0.3, 0.4) is 0 Å². The lowest BCUT2D eigenvalue weighted by atomic mass is 10.3. The standard InChI is InChI=1S/C7H6N2O4S/c10-7-8-4(3-13-7)5-1-2-6(14-5)9(11)12/h1-2,4H,3H2,(H,8,10)/t4-/m1/s1. The average Bonchev–Trinajstić information content (AvgIpc) is 2.70. The minimum Gasteiger partial charge on any atom is -0.447 e. The highest BCUT2D eigenvalue weighted by Gasteiger charge is 2.26. The molecule has 0 unspecified atom stereocenters. The van der Waals surface area contributed by atoms with Gasteiger partial charge in [0.15, 0.2) is 0 Å². The van der Waals surface area contributed by atoms with Crippen LogP contribution in [0, 0.1) is 10.1 Å². The summed E-state index contributed by atoms with van der Waals surface area (Å²) in [6, 6.07) is 2.80. The Kier molecular flexibility index (Phi) is 2.08. The van der Waals surface area contributed by atoms with Crippen molar-refractivity contribution in [3.8, 4) is 0 Å². The van der Waals surface area contributed by atoms with E-state index in [1.54, 1.807) is 6.07 Å². The van der Waals surface area contributed by atoms with E-state index in [-0.39, 0.29) is 17.6 Å². The lowest BCUT2D eigenvalue weighted by molar-refractivity contribution is -0.380. The van der Waals surface area contributed by atoms with Crippen molar-refractivity contribution in [2.45, 2.75) is 6.04 Å². The fraction of sp³-hybridized carbons (Fsp3) is 0.286. The van der Waals surface area contributed by atoms with Gasteiger partial charge in [-0.3, -0.25) is 10.1 Å². The zero-order valence-electron chi connectivity index (χ0n) is 6.93. The van der Waals surface area contributed by atoms with Crippen molar-refractivity contribution in [3.05, 3.63) is 27.1 Å². The number of carbonyl (C=O) groups excluding carboxylic acids is 1. The third-order valence-electron chi connectivity index (χ3n) is 1.81. The van der Waals surface area contributed by atoms with Gasteiger partial charge in [0, 0.05) is 10.9 Å². The Morgan fingerprint density at radius 1 is 1.64 bits per heavy atom. The Bertz CT molecular complexity index is 389. The molecule has 1 amide bonds. The normalized spacial score (nSPS) is 20.3. The second-order valence-electron chi connectivity index (χ2n) is 2.73. The molecule has 6 nitrogen and oxygen atoms in total. The zero-order valence-corrected chi connectivity index (χ0v) is 7.74. The molecular weight excluding hydrogens is 208 g/mol. The number of nitrogens with one attached hydrogen (secondary N) is 1. The molecule has 1 atom stereocenters. The van der Waals surface area contributed by atoms with E-state index in [2.05, 4.69) is 10.1 Å². The van der Waals surface area contributed by atoms with Gasteiger partial charge in [0.1, 0.15) is 12.6 Å². The van der Waals surface area contributed by atoms with E-state index in [0.29, 0.717) is 0 Å². The third-order valence-corrected chi connectivity index (χ3v) is 2.96. The van der Waals surface area contributed by atoms with Gasteiger partial charge in [0.05, 0.1) is 4.92 Å². The Morgan fingerprint density at radius 3 is 2.93 bits per heavy atom. The van der Waals surface area contributed by atoms with Crippen LogP contribution in [-0.4, -0.2) is 17.6 Å². The number of alkyl carbamates (subject to hydrolysis) is 1. The van der Waals surface area contributed by atoms with Gasteiger partial charge in [0.2, 0.25) is 0 Å². The number of hydrogen-bond acceptors (Lipinski definition) is 5. The van der Waals surface area contributed by atoms with Gasteiger partial charge >= 0.3 is 11.1 Å². The summed E-state index contributed by atoms with van der Waals surface area (Å²) in [5.74, 6) is 0. The van der Waals surface area contributed by atoms with Crippen LogP contribution in [0.4, 0.5) is 9.80 Å². The molecular formula is C7H6N2O4S. The maximum atomic E-state index is 10.7. The first-order chi connectivity index (χ1) is 6.66. The van der Waals surface area contributed by atoms with Crippen molar-refractivity contribution in [1.82, 2.24) is 5.32 Å². The predicted octanol–water partition coefficient (Wildman–Crippen LogP) is 1.44. The van der Waals surface area contributed by atoms with Crippen LogP contribution in [0.2, 0.25) is 0 Å². The molecule has 1 aliphatic heterocycles. The van der Waals surface area contributed by atoms with Crippen LogP contribution in [0.1, 0.15) is 10.9 Å². The summed E-state index contributed by atoms with van der Waals surface area (Å²) >= 11 is 1.05. The molecule has 0 aliphatic carbocycles. The first kappa shape index (κ1) is 8.95. The maximum Gasteiger partial charge on any atom is 0.407 e. The average molecular weight is 214 g/mol. The van der Waals surface area contributed by atoms with Crippen molar-refractivity contribution < 1.29 is 14.5 Å². The van der Waals surface area contributed by atoms with Gasteiger partial charge in [-0.25, -0.2) is 4.79 Å². The quantitative estimate of drug-likeness (QED) is 0.596. The van der Waals surface area contributed by atoms with Crippen LogP contribution in [-0.2, 0) is 4.74 Å². The van der Waals surface area contributed by atoms with E-state index in [4.69, 9.17) is 0 Å². The molecule has 0 saturated carbocycles. The van der Waals surface area contributed by atoms with E-state index in [9.17, 15) is 14.9 Å². The van der Waals surface area contributed by atoms with E-state index >= 15 is 0 Å². The lowest BCUT2D eigenvalue weighted by Gasteiger charge is -2.00. The number of rotatable bonds is 2. The highest BCUT2D eigenvalue weighted by Crippen LogP contribution is 2.30. The van der Waals surface area contributed by atoms with E-state index in [1.165, 1.54) is 6.07 Å². The SMILES string of the molecule is O=C1N[C@@H](c2ccc([N+](=O)[O-])s2)CO1. The van der Waals surface area contributed by atoms with Crippen molar-refractivity contribution in [2.75, 3.05) is 6.61 Å². The molecule has 1 fully saturated rings. The number of carbonyl (C=O) groups is 1. The molecule has 7 heteroatoms. The predicted molar refractivity (Wildman–Crippen MR) is 48.2 cm³/mol. The highest BCUT2D eigenvalue weighted by molar-refractivity contribution is 7.15. The Hall–Kier alpha value is -1.63. The van der Waals surface area contributed by atoms with Crippen molar-refractivity contribution in [2.24, 2.45) is 0 Å². The number of hydrogen-bond donors (Lipinski definition) is 1. The fourth-order valence-electron chi connectivity index (χ4n) is 1.17. The number of cyclic esters (lactones) is 1. The third kappa shape index (κ3) is 1.53. The van der Waals surface area contributed by atoms with Crippen molar-refractivity contribution in [1.29, 1.82) is 0 Å². The number of ether oxygens (including phenoxy) is 1. The molecule has 1 saturated heterocycles. The van der Waals surface area contributed by atoms with Crippen LogP contribution in [0.25, 0.3) is 0 Å². The largest absolute Gasteiger partial charge is 0.447 e. The van der Waals surface area contributed by atoms with Crippen LogP contribution in [0.15, 0.2) is 12.1 Å². The number of nitrogens with zero attached hydrogens (tertiary/aromatic N) is 1. The lowest BCUT2D eigenvalue weighted by Crippen LogP contribution is -2.17. The van der Waals surface area contributed by atoms with Crippen molar-refractivity contribution in [3.63, 3.8) is 0 Å². The summed E-state index contributed by atoms with van der Waals surface area (Å²) in [4.78, 5) is 21.4. The van der Waals surface area contributed by atoms with Crippen LogP contribution >= 0.6 is 11.3 Å². The zero-order chi connectivity index (χ0) is 10.1. The molecule has 2 rings (SSSR count). The summed E-state index contributed by atoms with van der Waals surface area (Å²) in [5, 5.41) is 13.0. The molecule has 1 aromatic rings. The number of thiophene rings is 1. The molecule has 1 aliphatic rings. The van der Waals surface area contributed by atoms with Gasteiger partial charge in [0.25, 0.3) is 0 Å². The molecule has 0 bridgehead atoms. The molecule has 2 heterocycles. The van der Waals surface area contributed by atoms with Gasteiger partial charge in [-0.05, 0) is 6.07 Å². The molecule has 1 aromatic heterocycles. The highest BCUT2D eigenvalue weighted by atomic mass is 32.1. The first-order valence-corrected chi connectivity index (χ1v) is 4.66. The molecule has 14 heavy (non-hydrogen) atoms. The topological polar surface area (TPSA) is 81.5 Å². The first-order valence-electron chi connectivity index (χ1n) is 3.84. The molecule has 0 spiro atoms. The summed E-state index contributed by atoms with van der Waals surface area (Å²) < 4.78 is 4.68. The monoisotopic (exact) mass is 214 g/mol. The Labute approximate surface area is 82.6 Å². The summed E-state index contributed by atoms with van der Waals surface area (Å²) in [6.07, 6.45) is -0.481. The molecule has 1 N–H and O–H groups in total. The number of amides is 1. The fourth-order valence-corrected chi connectivity index (χ4v) is 2.02. The summed E-state index contributed by atoms with van der Waals surface area (Å²) in [7, 11) is 0. The van der Waals surface area contributed by atoms with Crippen molar-refractivity contribution >= 4 is 22.4 Å². The molecule has 0 aromatic carbocycles. The Morgan fingerprint density at radius 2 is 2.43 bits per heavy atom. The molecule has 0 radical (unpaired) electrons. The second kappa shape index (κ2) is 3.26. The van der Waals surface area contributed by atoms with E-state index in [1.807, 2.05) is 0 Å². The smallest absolute Gasteiger partial charge is 0.407 e. The van der Waals surface area contributed by atoms with Crippen LogP contribution < -0.4 is 5.32 Å². The summed E-state index contributed by atoms with van der Waals surface area (Å²) in [5.41, 5.74) is 0. The summed E-state index contributed by atoms with van der Waals surface area (Å²) in [6.45, 7) is 0.233. The van der Waals surface area contributed by atoms with Crippen LogP contribution in [0.5, 0.6) is 0 Å².